The Bertz CT molecular complexity index is 895. The van der Waals surface area contributed by atoms with Crippen LogP contribution in [0.15, 0.2) is 51.7 Å². The van der Waals surface area contributed by atoms with Crippen LogP contribution in [0.1, 0.15) is 0 Å². The van der Waals surface area contributed by atoms with E-state index >= 15 is 0 Å². The lowest BCUT2D eigenvalue weighted by Gasteiger charge is -2.08. The van der Waals surface area contributed by atoms with E-state index in [0.29, 0.717) is 17.1 Å². The summed E-state index contributed by atoms with van der Waals surface area (Å²) in [6, 6.07) is 10.4. The highest BCUT2D eigenvalue weighted by Gasteiger charge is 2.13. The zero-order valence-electron chi connectivity index (χ0n) is 12.3. The van der Waals surface area contributed by atoms with Crippen LogP contribution in [0.25, 0.3) is 22.3 Å². The number of rotatable bonds is 4. The zero-order valence-corrected chi connectivity index (χ0v) is 12.3. The van der Waals surface area contributed by atoms with Crippen molar-refractivity contribution < 1.29 is 24.1 Å². The Morgan fingerprint density at radius 2 is 1.83 bits per heavy atom. The molecule has 0 saturated carbocycles. The third-order valence-corrected chi connectivity index (χ3v) is 3.28. The Kier molecular flexibility index (Phi) is 3.91. The molecule has 3 aromatic rings. The van der Waals surface area contributed by atoms with Crippen LogP contribution in [0.5, 0.6) is 17.2 Å². The van der Waals surface area contributed by atoms with Crippen molar-refractivity contribution in [3.8, 4) is 28.6 Å². The molecule has 0 fully saturated rings. The molecule has 0 amide bonds. The van der Waals surface area contributed by atoms with Crippen molar-refractivity contribution in [1.82, 2.24) is 0 Å². The van der Waals surface area contributed by atoms with Crippen LogP contribution in [0.3, 0.4) is 0 Å². The summed E-state index contributed by atoms with van der Waals surface area (Å²) in [4.78, 5) is 12.3. The molecular weight excluding hydrogens is 300 g/mol. The number of benzene rings is 2. The van der Waals surface area contributed by atoms with Gasteiger partial charge in [0, 0.05) is 30.9 Å². The van der Waals surface area contributed by atoms with Crippen LogP contribution in [-0.2, 0) is 4.74 Å². The Morgan fingerprint density at radius 3 is 2.52 bits per heavy atom. The topological polar surface area (TPSA) is 89.1 Å². The van der Waals surface area contributed by atoms with Crippen molar-refractivity contribution in [2.75, 3.05) is 13.9 Å². The van der Waals surface area contributed by atoms with Crippen molar-refractivity contribution >= 4 is 11.0 Å². The molecule has 1 heterocycles. The smallest absolute Gasteiger partial charge is 0.197 e. The Balaban J connectivity index is 2.15. The second-order valence-electron chi connectivity index (χ2n) is 4.89. The van der Waals surface area contributed by atoms with Crippen molar-refractivity contribution in [3.05, 3.63) is 52.7 Å². The standard InChI is InChI=1S/C17H14O6/c1-21-9-22-12-6-13(19)17-14(20)8-15(23-16(17)7-12)10-2-4-11(18)5-3-10/h2-8,18-19H,9H2,1H3. The van der Waals surface area contributed by atoms with E-state index in [0.717, 1.165) is 0 Å². The van der Waals surface area contributed by atoms with Gasteiger partial charge in [-0.2, -0.15) is 0 Å². The van der Waals surface area contributed by atoms with Crippen molar-refractivity contribution in [1.29, 1.82) is 0 Å². The molecule has 0 aliphatic heterocycles. The molecular formula is C17H14O6. The van der Waals surface area contributed by atoms with Gasteiger partial charge in [-0.1, -0.05) is 0 Å². The number of hydrogen-bond acceptors (Lipinski definition) is 6. The molecule has 0 atom stereocenters. The van der Waals surface area contributed by atoms with Crippen LogP contribution in [0.4, 0.5) is 0 Å². The third kappa shape index (κ3) is 2.97. The minimum atomic E-state index is -0.370. The highest BCUT2D eigenvalue weighted by Crippen LogP contribution is 2.31. The number of ether oxygens (including phenoxy) is 2. The summed E-state index contributed by atoms with van der Waals surface area (Å²) in [6.45, 7) is 0.00678. The number of phenolic OH excluding ortho intramolecular Hbond substituents is 2. The summed E-state index contributed by atoms with van der Waals surface area (Å²) in [6.07, 6.45) is 0. The van der Waals surface area contributed by atoms with Crippen LogP contribution < -0.4 is 10.2 Å². The molecule has 23 heavy (non-hydrogen) atoms. The summed E-state index contributed by atoms with van der Waals surface area (Å²) in [5.74, 6) is 0.540. The van der Waals surface area contributed by atoms with E-state index < -0.39 is 0 Å². The first-order chi connectivity index (χ1) is 11.1. The van der Waals surface area contributed by atoms with E-state index in [4.69, 9.17) is 13.9 Å². The van der Waals surface area contributed by atoms with E-state index in [2.05, 4.69) is 0 Å². The van der Waals surface area contributed by atoms with Gasteiger partial charge in [0.1, 0.15) is 34.0 Å². The molecule has 0 saturated heterocycles. The van der Waals surface area contributed by atoms with E-state index in [1.807, 2.05) is 0 Å². The SMILES string of the molecule is COCOc1cc(O)c2c(=O)cc(-c3ccc(O)cc3)oc2c1. The second kappa shape index (κ2) is 6.02. The predicted molar refractivity (Wildman–Crippen MR) is 83.8 cm³/mol. The monoisotopic (exact) mass is 314 g/mol. The Labute approximate surface area is 131 Å². The summed E-state index contributed by atoms with van der Waals surface area (Å²) in [5.41, 5.74) is 0.460. The average Bonchev–Trinajstić information content (AvgIpc) is 2.52. The summed E-state index contributed by atoms with van der Waals surface area (Å²) < 4.78 is 15.8. The predicted octanol–water partition coefficient (Wildman–Crippen LogP) is 2.85. The zero-order chi connectivity index (χ0) is 16.4. The molecule has 0 unspecified atom stereocenters. The molecule has 6 nitrogen and oxygen atoms in total. The van der Waals surface area contributed by atoms with Crippen LogP contribution in [-0.4, -0.2) is 24.1 Å². The van der Waals surface area contributed by atoms with Crippen LogP contribution >= 0.6 is 0 Å². The van der Waals surface area contributed by atoms with Gasteiger partial charge in [-0.3, -0.25) is 4.79 Å². The number of aromatic hydroxyl groups is 2. The number of fused-ring (bicyclic) bond motifs is 1. The normalized spacial score (nSPS) is 10.8. The van der Waals surface area contributed by atoms with E-state index in [1.165, 1.54) is 37.4 Å². The minimum Gasteiger partial charge on any atom is -0.508 e. The molecule has 2 aromatic carbocycles. The van der Waals surface area contributed by atoms with E-state index in [9.17, 15) is 15.0 Å². The Morgan fingerprint density at radius 1 is 1.09 bits per heavy atom. The maximum atomic E-state index is 12.3. The van der Waals surface area contributed by atoms with Gasteiger partial charge in [-0.05, 0) is 24.3 Å². The molecule has 0 bridgehead atoms. The summed E-state index contributed by atoms with van der Waals surface area (Å²) >= 11 is 0. The highest BCUT2D eigenvalue weighted by molar-refractivity contribution is 5.86. The average molecular weight is 314 g/mol. The van der Waals surface area contributed by atoms with Gasteiger partial charge < -0.3 is 24.1 Å². The van der Waals surface area contributed by atoms with E-state index in [1.54, 1.807) is 12.1 Å². The van der Waals surface area contributed by atoms with Gasteiger partial charge in [0.05, 0.1) is 0 Å². The minimum absolute atomic E-state index is 0.00678. The van der Waals surface area contributed by atoms with Crippen molar-refractivity contribution in [2.45, 2.75) is 0 Å². The molecule has 0 aliphatic rings. The van der Waals surface area contributed by atoms with Crippen molar-refractivity contribution in [2.24, 2.45) is 0 Å². The van der Waals surface area contributed by atoms with Gasteiger partial charge in [0.25, 0.3) is 0 Å². The molecule has 6 heteroatoms. The van der Waals surface area contributed by atoms with Gasteiger partial charge in [-0.25, -0.2) is 0 Å². The molecule has 0 spiro atoms. The Hall–Kier alpha value is -2.99. The lowest BCUT2D eigenvalue weighted by molar-refractivity contribution is 0.0510. The highest BCUT2D eigenvalue weighted by atomic mass is 16.7. The van der Waals surface area contributed by atoms with Gasteiger partial charge in [0.2, 0.25) is 0 Å². The summed E-state index contributed by atoms with van der Waals surface area (Å²) in [7, 11) is 1.48. The first kappa shape index (κ1) is 14.9. The van der Waals surface area contributed by atoms with Gasteiger partial charge >= 0.3 is 0 Å². The first-order valence-corrected chi connectivity index (χ1v) is 6.80. The molecule has 1 aromatic heterocycles. The molecule has 0 aliphatic carbocycles. The molecule has 2 N–H and O–H groups in total. The molecule has 118 valence electrons. The second-order valence-corrected chi connectivity index (χ2v) is 4.89. The quantitative estimate of drug-likeness (QED) is 0.720. The maximum absolute atomic E-state index is 12.3. The van der Waals surface area contributed by atoms with Crippen LogP contribution in [0.2, 0.25) is 0 Å². The number of hydrogen-bond donors (Lipinski definition) is 2. The lowest BCUT2D eigenvalue weighted by Crippen LogP contribution is -2.03. The van der Waals surface area contributed by atoms with Gasteiger partial charge in [-0.15, -0.1) is 0 Å². The third-order valence-electron chi connectivity index (χ3n) is 3.28. The number of phenols is 2. The largest absolute Gasteiger partial charge is 0.508 e. The fourth-order valence-electron chi connectivity index (χ4n) is 2.22. The fourth-order valence-corrected chi connectivity index (χ4v) is 2.22. The fraction of sp³-hybridized carbons (Fsp3) is 0.118. The molecule has 3 rings (SSSR count). The molecule has 0 radical (unpaired) electrons. The lowest BCUT2D eigenvalue weighted by atomic mass is 10.1. The first-order valence-electron chi connectivity index (χ1n) is 6.80. The van der Waals surface area contributed by atoms with E-state index in [-0.39, 0.29) is 34.7 Å². The number of methoxy groups -OCH3 is 1. The maximum Gasteiger partial charge on any atom is 0.197 e. The van der Waals surface area contributed by atoms with Crippen molar-refractivity contribution in [3.63, 3.8) is 0 Å². The van der Waals surface area contributed by atoms with Gasteiger partial charge in [0.15, 0.2) is 12.2 Å². The van der Waals surface area contributed by atoms with Crippen LogP contribution in [0, 0.1) is 0 Å². The summed E-state index contributed by atoms with van der Waals surface area (Å²) in [5, 5.41) is 19.4.